The van der Waals surface area contributed by atoms with Crippen molar-refractivity contribution in [3.8, 4) is 0 Å². The van der Waals surface area contributed by atoms with E-state index in [1.54, 1.807) is 12.1 Å². The molecule has 7 heteroatoms. The van der Waals surface area contributed by atoms with Crippen molar-refractivity contribution in [3.05, 3.63) is 35.6 Å². The number of aliphatic hydroxyl groups excluding tert-OH is 1. The van der Waals surface area contributed by atoms with Crippen LogP contribution in [0.5, 0.6) is 0 Å². The molecule has 3 unspecified atom stereocenters. The van der Waals surface area contributed by atoms with Crippen LogP contribution in [-0.2, 0) is 0 Å². The summed E-state index contributed by atoms with van der Waals surface area (Å²) in [7, 11) is 0. The van der Waals surface area contributed by atoms with Crippen molar-refractivity contribution in [3.63, 3.8) is 0 Å². The van der Waals surface area contributed by atoms with Gasteiger partial charge in [0.2, 0.25) is 0 Å². The van der Waals surface area contributed by atoms with Gasteiger partial charge in [0.15, 0.2) is 0 Å². The minimum Gasteiger partial charge on any atom is -0.396 e. The highest BCUT2D eigenvalue weighted by molar-refractivity contribution is 5.22. The summed E-state index contributed by atoms with van der Waals surface area (Å²) in [4.78, 5) is 7.84. The van der Waals surface area contributed by atoms with Gasteiger partial charge in [-0.05, 0) is 63.9 Å². The zero-order valence-corrected chi connectivity index (χ0v) is 19.1. The second-order valence-corrected chi connectivity index (χ2v) is 9.84. The smallest absolute Gasteiger partial charge is 0.123 e. The van der Waals surface area contributed by atoms with Gasteiger partial charge >= 0.3 is 0 Å². The Hall–Kier alpha value is -1.09. The molecule has 0 amide bonds. The Morgan fingerprint density at radius 3 is 2.68 bits per heavy atom. The predicted molar refractivity (Wildman–Crippen MR) is 122 cm³/mol. The molecule has 6 nitrogen and oxygen atoms in total. The summed E-state index contributed by atoms with van der Waals surface area (Å²) in [5.74, 6) is 0.225. The molecule has 0 bridgehead atoms. The van der Waals surface area contributed by atoms with Crippen LogP contribution < -0.4 is 10.9 Å². The Labute approximate surface area is 186 Å². The maximum absolute atomic E-state index is 13.7. The number of piperazine rings is 1. The fraction of sp³-hybridized carbons (Fsp3) is 0.750. The summed E-state index contributed by atoms with van der Waals surface area (Å²) in [6.07, 6.45) is 3.31. The van der Waals surface area contributed by atoms with E-state index < -0.39 is 0 Å². The van der Waals surface area contributed by atoms with Gasteiger partial charge in [-0.15, -0.1) is 0 Å². The van der Waals surface area contributed by atoms with Gasteiger partial charge in [-0.25, -0.2) is 9.82 Å². The molecule has 3 fully saturated rings. The highest BCUT2D eigenvalue weighted by atomic mass is 19.1. The lowest BCUT2D eigenvalue weighted by molar-refractivity contribution is -0.00181. The summed E-state index contributed by atoms with van der Waals surface area (Å²) in [5, 5.41) is 9.73. The van der Waals surface area contributed by atoms with Gasteiger partial charge in [0.05, 0.1) is 6.04 Å². The molecule has 3 aliphatic heterocycles. The Morgan fingerprint density at radius 2 is 1.97 bits per heavy atom. The van der Waals surface area contributed by atoms with Crippen LogP contribution in [0.25, 0.3) is 0 Å². The van der Waals surface area contributed by atoms with Crippen molar-refractivity contribution in [2.45, 2.75) is 57.3 Å². The molecule has 3 atom stereocenters. The first-order valence-electron chi connectivity index (χ1n) is 12.1. The Balaban J connectivity index is 1.35. The van der Waals surface area contributed by atoms with Crippen molar-refractivity contribution in [1.82, 2.24) is 25.6 Å². The molecule has 0 aromatic heterocycles. The number of benzene rings is 1. The third-order valence-corrected chi connectivity index (χ3v) is 7.57. The molecule has 3 N–H and O–H groups in total. The topological polar surface area (TPSA) is 54.0 Å². The second-order valence-electron chi connectivity index (χ2n) is 9.84. The normalized spacial score (nSPS) is 29.8. The Morgan fingerprint density at radius 1 is 1.16 bits per heavy atom. The lowest BCUT2D eigenvalue weighted by Gasteiger charge is -2.48. The molecular weight excluding hydrogens is 393 g/mol. The number of likely N-dealkylation sites (tertiary alicyclic amines) is 1. The van der Waals surface area contributed by atoms with Crippen LogP contribution in [0.1, 0.15) is 44.7 Å². The van der Waals surface area contributed by atoms with Crippen LogP contribution in [-0.4, -0.2) is 90.4 Å². The number of hydrazine groups is 1. The van der Waals surface area contributed by atoms with E-state index in [0.29, 0.717) is 24.0 Å². The first kappa shape index (κ1) is 23.1. The molecule has 0 saturated carbocycles. The Bertz CT molecular complexity index is 696. The van der Waals surface area contributed by atoms with Gasteiger partial charge < -0.3 is 14.9 Å². The van der Waals surface area contributed by atoms with Crippen molar-refractivity contribution >= 4 is 0 Å². The van der Waals surface area contributed by atoms with Crippen LogP contribution in [0.3, 0.4) is 0 Å². The maximum atomic E-state index is 13.7. The van der Waals surface area contributed by atoms with Gasteiger partial charge in [0.1, 0.15) is 5.82 Å². The zero-order chi connectivity index (χ0) is 21.8. The fourth-order valence-electron chi connectivity index (χ4n) is 5.81. The van der Waals surface area contributed by atoms with Gasteiger partial charge in [-0.3, -0.25) is 10.3 Å². The second kappa shape index (κ2) is 10.7. The number of hydrogen-bond donors (Lipinski definition) is 3. The molecule has 3 aliphatic rings. The molecule has 0 spiro atoms. The standard InChI is InChI=1S/C24H40FN5O/c1-18(2)29-9-6-22(7-10-29)30-12-11-28(17-23(30)8-13-31)16-20-15-26-27-24(20)19-4-3-5-21(25)14-19/h3-5,14,18,20,22-24,26-27,31H,6-13,15-17H2,1-2H3. The molecule has 174 valence electrons. The summed E-state index contributed by atoms with van der Waals surface area (Å²) in [5.41, 5.74) is 7.65. The number of piperidine rings is 1. The highest BCUT2D eigenvalue weighted by Gasteiger charge is 2.36. The number of nitrogens with one attached hydrogen (secondary N) is 2. The molecule has 0 aliphatic carbocycles. The molecule has 4 rings (SSSR count). The SMILES string of the molecule is CC(C)N1CCC(N2CCN(CC3CNNC3c3cccc(F)c3)CC2CCO)CC1. The monoisotopic (exact) mass is 433 g/mol. The van der Waals surface area contributed by atoms with Crippen LogP contribution in [0.15, 0.2) is 24.3 Å². The minimum absolute atomic E-state index is 0.130. The lowest BCUT2D eigenvalue weighted by Crippen LogP contribution is -2.59. The fourth-order valence-corrected chi connectivity index (χ4v) is 5.81. The van der Waals surface area contributed by atoms with Gasteiger partial charge in [-0.2, -0.15) is 0 Å². The van der Waals surface area contributed by atoms with Crippen LogP contribution >= 0.6 is 0 Å². The molecular formula is C24H40FN5O. The van der Waals surface area contributed by atoms with Crippen LogP contribution in [0.2, 0.25) is 0 Å². The third kappa shape index (κ3) is 5.64. The van der Waals surface area contributed by atoms with Gasteiger partial charge in [0.25, 0.3) is 0 Å². The Kier molecular flexibility index (Phi) is 7.96. The molecule has 0 radical (unpaired) electrons. The highest BCUT2D eigenvalue weighted by Crippen LogP contribution is 2.29. The lowest BCUT2D eigenvalue weighted by atomic mass is 9.93. The van der Waals surface area contributed by atoms with Gasteiger partial charge in [0, 0.05) is 63.4 Å². The first-order valence-corrected chi connectivity index (χ1v) is 12.1. The quantitative estimate of drug-likeness (QED) is 0.610. The third-order valence-electron chi connectivity index (χ3n) is 7.57. The first-order chi connectivity index (χ1) is 15.0. The van der Waals surface area contributed by atoms with E-state index in [1.807, 2.05) is 6.07 Å². The van der Waals surface area contributed by atoms with Gasteiger partial charge in [-0.1, -0.05) is 12.1 Å². The maximum Gasteiger partial charge on any atom is 0.123 e. The van der Waals surface area contributed by atoms with Crippen molar-refractivity contribution < 1.29 is 9.50 Å². The van der Waals surface area contributed by atoms with E-state index in [4.69, 9.17) is 0 Å². The largest absolute Gasteiger partial charge is 0.396 e. The van der Waals surface area contributed by atoms with Crippen molar-refractivity contribution in [2.24, 2.45) is 5.92 Å². The van der Waals surface area contributed by atoms with Crippen LogP contribution in [0, 0.1) is 11.7 Å². The summed E-state index contributed by atoms with van der Waals surface area (Å²) in [6, 6.07) is 8.78. The van der Waals surface area contributed by atoms with E-state index in [1.165, 1.54) is 32.0 Å². The summed E-state index contributed by atoms with van der Waals surface area (Å²) >= 11 is 0. The molecule has 1 aromatic rings. The zero-order valence-electron chi connectivity index (χ0n) is 19.1. The number of nitrogens with zero attached hydrogens (tertiary/aromatic N) is 3. The molecule has 3 saturated heterocycles. The summed E-state index contributed by atoms with van der Waals surface area (Å²) in [6.45, 7) is 12.2. The average Bonchev–Trinajstić information content (AvgIpc) is 3.22. The van der Waals surface area contributed by atoms with Crippen molar-refractivity contribution in [2.75, 3.05) is 52.4 Å². The number of aliphatic hydroxyl groups is 1. The number of hydrogen-bond acceptors (Lipinski definition) is 6. The van der Waals surface area contributed by atoms with Crippen LogP contribution in [0.4, 0.5) is 4.39 Å². The average molecular weight is 434 g/mol. The number of rotatable bonds is 7. The van der Waals surface area contributed by atoms with E-state index in [0.717, 1.165) is 44.7 Å². The molecule has 31 heavy (non-hydrogen) atoms. The summed E-state index contributed by atoms with van der Waals surface area (Å²) < 4.78 is 13.7. The molecule has 3 heterocycles. The van der Waals surface area contributed by atoms with E-state index >= 15 is 0 Å². The van der Waals surface area contributed by atoms with Crippen molar-refractivity contribution in [1.29, 1.82) is 0 Å². The number of halogens is 1. The van der Waals surface area contributed by atoms with E-state index in [2.05, 4.69) is 39.4 Å². The predicted octanol–water partition coefficient (Wildman–Crippen LogP) is 1.83. The minimum atomic E-state index is -0.176. The van der Waals surface area contributed by atoms with E-state index in [9.17, 15) is 9.50 Å². The van der Waals surface area contributed by atoms with E-state index in [-0.39, 0.29) is 18.5 Å². The molecule has 1 aromatic carbocycles.